The largest absolute Gasteiger partial charge is 0.478 e. The molecule has 172 valence electrons. The van der Waals surface area contributed by atoms with Crippen LogP contribution in [0.15, 0.2) is 59.6 Å². The van der Waals surface area contributed by atoms with Gasteiger partial charge < -0.3 is 10.4 Å². The average Bonchev–Trinajstić information content (AvgIpc) is 2.84. The molecule has 3 aromatic rings. The molecule has 1 aliphatic rings. The quantitative estimate of drug-likeness (QED) is 0.411. The number of halogens is 1. The van der Waals surface area contributed by atoms with Gasteiger partial charge in [0, 0.05) is 23.6 Å². The molecule has 1 atom stereocenters. The number of benzene rings is 2. The molecule has 34 heavy (non-hydrogen) atoms. The number of hydrogen-bond acceptors (Lipinski definition) is 5. The van der Waals surface area contributed by atoms with E-state index in [0.717, 1.165) is 30.5 Å². The zero-order valence-electron chi connectivity index (χ0n) is 18.3. The molecule has 1 unspecified atom stereocenters. The summed E-state index contributed by atoms with van der Waals surface area (Å²) in [6.07, 6.45) is 2.93. The molecule has 1 aromatic heterocycles. The first-order chi connectivity index (χ1) is 16.4. The van der Waals surface area contributed by atoms with E-state index in [1.54, 1.807) is 6.07 Å². The first-order valence-electron chi connectivity index (χ1n) is 10.9. The minimum Gasteiger partial charge on any atom is -0.478 e. The van der Waals surface area contributed by atoms with E-state index in [2.05, 4.69) is 35.7 Å². The first-order valence-corrected chi connectivity index (χ1v) is 12.2. The number of aromatic nitrogens is 1. The Labute approximate surface area is 207 Å². The van der Waals surface area contributed by atoms with Crippen molar-refractivity contribution in [2.45, 2.75) is 36.6 Å². The average molecular weight is 492 g/mol. The maximum absolute atomic E-state index is 12.3. The fourth-order valence-electron chi connectivity index (χ4n) is 4.08. The SMILES string of the molecule is N#Cc1cc2c(nc1SCCC(=O)Nc1ccc(Cl)c(C(=O)O)c1)CCC(c1ccccc1)C2. The number of pyridine rings is 1. The molecule has 1 amide bonds. The molecule has 0 fully saturated rings. The minimum absolute atomic E-state index is 0.0692. The van der Waals surface area contributed by atoms with Crippen LogP contribution < -0.4 is 5.32 Å². The molecule has 1 heterocycles. The highest BCUT2D eigenvalue weighted by Crippen LogP contribution is 2.34. The highest BCUT2D eigenvalue weighted by atomic mass is 35.5. The van der Waals surface area contributed by atoms with Crippen molar-refractivity contribution in [2.75, 3.05) is 11.1 Å². The van der Waals surface area contributed by atoms with Crippen molar-refractivity contribution in [1.82, 2.24) is 4.98 Å². The predicted octanol–water partition coefficient (Wildman–Crippen LogP) is 5.70. The number of aryl methyl sites for hydroxylation is 1. The van der Waals surface area contributed by atoms with Gasteiger partial charge in [0.25, 0.3) is 0 Å². The Kier molecular flexibility index (Phi) is 7.51. The van der Waals surface area contributed by atoms with Crippen molar-refractivity contribution in [1.29, 1.82) is 5.26 Å². The van der Waals surface area contributed by atoms with E-state index in [1.165, 1.54) is 29.5 Å². The topological polar surface area (TPSA) is 103 Å². The van der Waals surface area contributed by atoms with Crippen LogP contribution in [0.4, 0.5) is 5.69 Å². The minimum atomic E-state index is -1.16. The van der Waals surface area contributed by atoms with Crippen molar-refractivity contribution in [3.05, 3.63) is 87.6 Å². The Hall–Kier alpha value is -3.34. The van der Waals surface area contributed by atoms with Crippen LogP contribution >= 0.6 is 23.4 Å². The lowest BCUT2D eigenvalue weighted by Gasteiger charge is -2.25. The third-order valence-electron chi connectivity index (χ3n) is 5.79. The third-order valence-corrected chi connectivity index (χ3v) is 7.11. The molecule has 0 aliphatic heterocycles. The van der Waals surface area contributed by atoms with Gasteiger partial charge in [-0.1, -0.05) is 41.9 Å². The van der Waals surface area contributed by atoms with Gasteiger partial charge in [0.05, 0.1) is 16.1 Å². The Morgan fingerprint density at radius 2 is 2.00 bits per heavy atom. The summed E-state index contributed by atoms with van der Waals surface area (Å²) < 4.78 is 0. The van der Waals surface area contributed by atoms with Gasteiger partial charge in [0.2, 0.25) is 5.91 Å². The number of carboxylic acid groups (broad SMARTS) is 1. The molecule has 0 bridgehead atoms. The second-order valence-electron chi connectivity index (χ2n) is 8.06. The number of thioether (sulfide) groups is 1. The molecule has 0 saturated carbocycles. The molecule has 8 heteroatoms. The first kappa shape index (κ1) is 23.8. The molecule has 2 N–H and O–H groups in total. The fourth-order valence-corrected chi connectivity index (χ4v) is 5.19. The number of aromatic carboxylic acids is 1. The molecule has 0 saturated heterocycles. The highest BCUT2D eigenvalue weighted by Gasteiger charge is 2.23. The van der Waals surface area contributed by atoms with E-state index in [1.807, 2.05) is 12.1 Å². The van der Waals surface area contributed by atoms with E-state index >= 15 is 0 Å². The lowest BCUT2D eigenvalue weighted by atomic mass is 9.82. The summed E-state index contributed by atoms with van der Waals surface area (Å²) in [4.78, 5) is 28.3. The zero-order valence-corrected chi connectivity index (χ0v) is 19.8. The molecular formula is C26H22ClN3O3S. The van der Waals surface area contributed by atoms with E-state index in [9.17, 15) is 14.9 Å². The van der Waals surface area contributed by atoms with Gasteiger partial charge in [0.1, 0.15) is 11.1 Å². The number of nitrogens with one attached hydrogen (secondary N) is 1. The number of carbonyl (C=O) groups is 2. The summed E-state index contributed by atoms with van der Waals surface area (Å²) in [6, 6.07) is 18.9. The Morgan fingerprint density at radius 3 is 2.74 bits per heavy atom. The Morgan fingerprint density at radius 1 is 1.21 bits per heavy atom. The molecule has 2 aromatic carbocycles. The lowest BCUT2D eigenvalue weighted by molar-refractivity contribution is -0.115. The predicted molar refractivity (Wildman–Crippen MR) is 133 cm³/mol. The van der Waals surface area contributed by atoms with Gasteiger partial charge in [-0.25, -0.2) is 9.78 Å². The maximum Gasteiger partial charge on any atom is 0.337 e. The van der Waals surface area contributed by atoms with E-state index in [-0.39, 0.29) is 22.9 Å². The monoisotopic (exact) mass is 491 g/mol. The number of nitriles is 1. The van der Waals surface area contributed by atoms with Crippen molar-refractivity contribution < 1.29 is 14.7 Å². The van der Waals surface area contributed by atoms with Crippen LogP contribution in [-0.4, -0.2) is 27.7 Å². The molecular weight excluding hydrogens is 470 g/mol. The number of nitrogens with zero attached hydrogens (tertiary/aromatic N) is 2. The fraction of sp³-hybridized carbons (Fsp3) is 0.231. The molecule has 6 nitrogen and oxygen atoms in total. The summed E-state index contributed by atoms with van der Waals surface area (Å²) >= 11 is 7.25. The summed E-state index contributed by atoms with van der Waals surface area (Å²) in [5, 5.41) is 22.3. The number of rotatable bonds is 7. The van der Waals surface area contributed by atoms with Crippen molar-refractivity contribution in [3.63, 3.8) is 0 Å². The Balaban J connectivity index is 1.37. The summed E-state index contributed by atoms with van der Waals surface area (Å²) in [5.74, 6) is -0.542. The van der Waals surface area contributed by atoms with Crippen LogP contribution in [-0.2, 0) is 17.6 Å². The van der Waals surface area contributed by atoms with Gasteiger partial charge in [-0.15, -0.1) is 11.8 Å². The summed E-state index contributed by atoms with van der Waals surface area (Å²) in [5.41, 5.74) is 4.29. The molecule has 1 aliphatic carbocycles. The van der Waals surface area contributed by atoms with Crippen LogP contribution in [0.1, 0.15) is 51.5 Å². The van der Waals surface area contributed by atoms with Crippen LogP contribution in [0.25, 0.3) is 0 Å². The van der Waals surface area contributed by atoms with Crippen LogP contribution in [0.5, 0.6) is 0 Å². The van der Waals surface area contributed by atoms with Gasteiger partial charge in [-0.3, -0.25) is 4.79 Å². The third kappa shape index (κ3) is 5.58. The number of anilines is 1. The summed E-state index contributed by atoms with van der Waals surface area (Å²) in [7, 11) is 0. The van der Waals surface area contributed by atoms with Gasteiger partial charge in [-0.05, 0) is 60.6 Å². The number of carboxylic acids is 1. The maximum atomic E-state index is 12.3. The number of amides is 1. The van der Waals surface area contributed by atoms with E-state index < -0.39 is 5.97 Å². The van der Waals surface area contributed by atoms with Gasteiger partial charge >= 0.3 is 5.97 Å². The zero-order chi connectivity index (χ0) is 24.1. The number of hydrogen-bond donors (Lipinski definition) is 2. The van der Waals surface area contributed by atoms with Crippen LogP contribution in [0.2, 0.25) is 5.02 Å². The highest BCUT2D eigenvalue weighted by molar-refractivity contribution is 7.99. The second-order valence-corrected chi connectivity index (χ2v) is 9.55. The van der Waals surface area contributed by atoms with Gasteiger partial charge in [0.15, 0.2) is 0 Å². The normalized spacial score (nSPS) is 14.6. The second kappa shape index (κ2) is 10.7. The van der Waals surface area contributed by atoms with E-state index in [0.29, 0.717) is 27.9 Å². The van der Waals surface area contributed by atoms with Crippen LogP contribution in [0.3, 0.4) is 0 Å². The smallest absolute Gasteiger partial charge is 0.337 e. The van der Waals surface area contributed by atoms with Gasteiger partial charge in [-0.2, -0.15) is 5.26 Å². The number of carbonyl (C=O) groups excluding carboxylic acids is 1. The van der Waals surface area contributed by atoms with E-state index in [4.69, 9.17) is 21.7 Å². The van der Waals surface area contributed by atoms with Crippen molar-refractivity contribution in [3.8, 4) is 6.07 Å². The molecule has 0 spiro atoms. The number of fused-ring (bicyclic) bond motifs is 1. The van der Waals surface area contributed by atoms with Crippen molar-refractivity contribution in [2.24, 2.45) is 0 Å². The van der Waals surface area contributed by atoms with Crippen molar-refractivity contribution >= 4 is 40.9 Å². The standard InChI is InChI=1S/C26H22ClN3O3S/c27-22-8-7-20(14-21(22)26(32)33)29-24(31)10-11-34-25-19(15-28)13-18-12-17(6-9-23(18)30-25)16-4-2-1-3-5-16/h1-5,7-8,13-14,17H,6,9-12H2,(H,29,31)(H,32,33). The molecule has 4 rings (SSSR count). The lowest BCUT2D eigenvalue weighted by Crippen LogP contribution is -2.15. The Bertz CT molecular complexity index is 1270. The molecule has 0 radical (unpaired) electrons. The summed E-state index contributed by atoms with van der Waals surface area (Å²) in [6.45, 7) is 0. The van der Waals surface area contributed by atoms with Crippen LogP contribution in [0, 0.1) is 11.3 Å².